The average molecular weight is 284 g/mol. The molecule has 1 fully saturated rings. The van der Waals surface area contributed by atoms with Crippen molar-refractivity contribution in [3.8, 4) is 0 Å². The van der Waals surface area contributed by atoms with Crippen molar-refractivity contribution in [2.75, 3.05) is 0 Å². The summed E-state index contributed by atoms with van der Waals surface area (Å²) < 4.78 is 1.02. The van der Waals surface area contributed by atoms with Crippen LogP contribution in [0.3, 0.4) is 0 Å². The standard InChI is InChI=1S/C12H14BrNO2/c13-10-3-1-2-8(6-10)7-14-11(12(15)16)9-4-5-9/h1-3,6,9,11,14H,4-5,7H2,(H,15,16). The number of benzene rings is 1. The van der Waals surface area contributed by atoms with Crippen molar-refractivity contribution >= 4 is 21.9 Å². The van der Waals surface area contributed by atoms with Crippen molar-refractivity contribution in [3.05, 3.63) is 34.3 Å². The molecule has 0 aliphatic heterocycles. The summed E-state index contributed by atoms with van der Waals surface area (Å²) >= 11 is 3.40. The minimum Gasteiger partial charge on any atom is -0.480 e. The van der Waals surface area contributed by atoms with Gasteiger partial charge in [0.2, 0.25) is 0 Å². The molecule has 0 saturated heterocycles. The van der Waals surface area contributed by atoms with Crippen LogP contribution in [0.4, 0.5) is 0 Å². The van der Waals surface area contributed by atoms with Gasteiger partial charge in [-0.3, -0.25) is 4.79 Å². The number of nitrogens with one attached hydrogen (secondary N) is 1. The third-order valence-corrected chi connectivity index (χ3v) is 3.27. The highest BCUT2D eigenvalue weighted by Crippen LogP contribution is 2.32. The van der Waals surface area contributed by atoms with Crippen LogP contribution in [0.1, 0.15) is 18.4 Å². The zero-order chi connectivity index (χ0) is 11.5. The first-order valence-corrected chi connectivity index (χ1v) is 6.17. The molecule has 0 amide bonds. The monoisotopic (exact) mass is 283 g/mol. The third kappa shape index (κ3) is 3.06. The number of hydrogen-bond donors (Lipinski definition) is 2. The molecule has 1 atom stereocenters. The van der Waals surface area contributed by atoms with E-state index in [4.69, 9.17) is 5.11 Å². The molecule has 86 valence electrons. The fourth-order valence-corrected chi connectivity index (χ4v) is 2.21. The number of carboxylic acid groups (broad SMARTS) is 1. The molecular formula is C12H14BrNO2. The first kappa shape index (κ1) is 11.6. The molecule has 1 aliphatic rings. The lowest BCUT2D eigenvalue weighted by atomic mass is 10.1. The van der Waals surface area contributed by atoms with E-state index in [1.807, 2.05) is 24.3 Å². The number of carbonyl (C=O) groups is 1. The Kier molecular flexibility index (Phi) is 3.61. The molecule has 2 rings (SSSR count). The van der Waals surface area contributed by atoms with Crippen LogP contribution in [0.25, 0.3) is 0 Å². The number of hydrogen-bond acceptors (Lipinski definition) is 2. The van der Waals surface area contributed by atoms with Gasteiger partial charge in [-0.25, -0.2) is 0 Å². The Labute approximate surface area is 103 Å². The van der Waals surface area contributed by atoms with Crippen LogP contribution in [0.15, 0.2) is 28.7 Å². The van der Waals surface area contributed by atoms with E-state index in [0.29, 0.717) is 12.5 Å². The lowest BCUT2D eigenvalue weighted by molar-refractivity contribution is -0.140. The highest BCUT2D eigenvalue weighted by molar-refractivity contribution is 9.10. The van der Waals surface area contributed by atoms with E-state index in [9.17, 15) is 4.79 Å². The van der Waals surface area contributed by atoms with Gasteiger partial charge in [0.15, 0.2) is 0 Å². The van der Waals surface area contributed by atoms with Crippen LogP contribution >= 0.6 is 15.9 Å². The van der Waals surface area contributed by atoms with Gasteiger partial charge in [0.25, 0.3) is 0 Å². The summed E-state index contributed by atoms with van der Waals surface area (Å²) in [4.78, 5) is 11.0. The Morgan fingerprint density at radius 3 is 2.88 bits per heavy atom. The molecule has 1 aromatic rings. The predicted octanol–water partition coefficient (Wildman–Crippen LogP) is 2.40. The molecule has 0 bridgehead atoms. The Bertz CT molecular complexity index is 390. The van der Waals surface area contributed by atoms with Crippen molar-refractivity contribution in [3.63, 3.8) is 0 Å². The number of rotatable bonds is 5. The summed E-state index contributed by atoms with van der Waals surface area (Å²) in [6, 6.07) is 7.51. The topological polar surface area (TPSA) is 49.3 Å². The quantitative estimate of drug-likeness (QED) is 0.873. The van der Waals surface area contributed by atoms with E-state index in [2.05, 4.69) is 21.2 Å². The van der Waals surface area contributed by atoms with E-state index in [1.165, 1.54) is 0 Å². The molecule has 2 N–H and O–H groups in total. The van der Waals surface area contributed by atoms with Crippen molar-refractivity contribution in [1.82, 2.24) is 5.32 Å². The van der Waals surface area contributed by atoms with Gasteiger partial charge in [0.1, 0.15) is 6.04 Å². The Hall–Kier alpha value is -0.870. The minimum absolute atomic E-state index is 0.324. The first-order chi connectivity index (χ1) is 7.66. The minimum atomic E-state index is -0.738. The summed E-state index contributed by atoms with van der Waals surface area (Å²) in [5, 5.41) is 12.1. The lowest BCUT2D eigenvalue weighted by Crippen LogP contribution is -2.38. The fourth-order valence-electron chi connectivity index (χ4n) is 1.76. The van der Waals surface area contributed by atoms with Gasteiger partial charge in [0, 0.05) is 11.0 Å². The molecule has 3 nitrogen and oxygen atoms in total. The van der Waals surface area contributed by atoms with Crippen LogP contribution in [-0.4, -0.2) is 17.1 Å². The van der Waals surface area contributed by atoms with Gasteiger partial charge in [-0.1, -0.05) is 28.1 Å². The van der Waals surface area contributed by atoms with Crippen molar-refractivity contribution in [2.24, 2.45) is 5.92 Å². The molecule has 0 spiro atoms. The summed E-state index contributed by atoms with van der Waals surface area (Å²) in [7, 11) is 0. The van der Waals surface area contributed by atoms with Crippen molar-refractivity contribution < 1.29 is 9.90 Å². The normalized spacial score (nSPS) is 17.1. The lowest BCUT2D eigenvalue weighted by Gasteiger charge is -2.13. The van der Waals surface area contributed by atoms with Crippen LogP contribution in [0.2, 0.25) is 0 Å². The van der Waals surface area contributed by atoms with Crippen LogP contribution in [0.5, 0.6) is 0 Å². The molecule has 1 saturated carbocycles. The van der Waals surface area contributed by atoms with Gasteiger partial charge in [-0.15, -0.1) is 0 Å². The zero-order valence-corrected chi connectivity index (χ0v) is 10.4. The Morgan fingerprint density at radius 1 is 1.56 bits per heavy atom. The molecule has 16 heavy (non-hydrogen) atoms. The van der Waals surface area contributed by atoms with Gasteiger partial charge < -0.3 is 10.4 Å². The molecule has 0 radical (unpaired) electrons. The SMILES string of the molecule is O=C(O)C(NCc1cccc(Br)c1)C1CC1. The maximum absolute atomic E-state index is 11.0. The van der Waals surface area contributed by atoms with Gasteiger partial charge in [-0.05, 0) is 36.5 Å². The van der Waals surface area contributed by atoms with Crippen molar-refractivity contribution in [2.45, 2.75) is 25.4 Å². The number of aliphatic carboxylic acids is 1. The van der Waals surface area contributed by atoms with Gasteiger partial charge >= 0.3 is 5.97 Å². The summed E-state index contributed by atoms with van der Waals surface area (Å²) in [5.74, 6) is -0.415. The van der Waals surface area contributed by atoms with E-state index in [1.54, 1.807) is 0 Å². The molecule has 1 unspecified atom stereocenters. The zero-order valence-electron chi connectivity index (χ0n) is 8.82. The van der Waals surface area contributed by atoms with Crippen molar-refractivity contribution in [1.29, 1.82) is 0 Å². The van der Waals surface area contributed by atoms with Gasteiger partial charge in [0.05, 0.1) is 0 Å². The number of carboxylic acids is 1. The largest absolute Gasteiger partial charge is 0.480 e. The predicted molar refractivity (Wildman–Crippen MR) is 65.1 cm³/mol. The second kappa shape index (κ2) is 4.97. The Balaban J connectivity index is 1.92. The molecule has 4 heteroatoms. The number of halogens is 1. The second-order valence-corrected chi connectivity index (χ2v) is 5.08. The highest BCUT2D eigenvalue weighted by Gasteiger charge is 2.35. The fraction of sp³-hybridized carbons (Fsp3) is 0.417. The first-order valence-electron chi connectivity index (χ1n) is 5.37. The summed E-state index contributed by atoms with van der Waals surface area (Å²) in [6.45, 7) is 0.604. The molecule has 0 aromatic heterocycles. The van der Waals surface area contributed by atoms with E-state index >= 15 is 0 Å². The van der Waals surface area contributed by atoms with E-state index in [0.717, 1.165) is 22.9 Å². The summed E-state index contributed by atoms with van der Waals surface area (Å²) in [6.07, 6.45) is 2.06. The third-order valence-electron chi connectivity index (χ3n) is 2.77. The molecule has 0 heterocycles. The molecular weight excluding hydrogens is 270 g/mol. The second-order valence-electron chi connectivity index (χ2n) is 4.16. The van der Waals surface area contributed by atoms with E-state index in [-0.39, 0.29) is 6.04 Å². The Morgan fingerprint density at radius 2 is 2.31 bits per heavy atom. The van der Waals surface area contributed by atoms with E-state index < -0.39 is 5.97 Å². The highest BCUT2D eigenvalue weighted by atomic mass is 79.9. The summed E-state index contributed by atoms with van der Waals surface area (Å²) in [5.41, 5.74) is 1.10. The molecule has 1 aliphatic carbocycles. The average Bonchev–Trinajstić information content (AvgIpc) is 3.02. The van der Waals surface area contributed by atoms with Crippen LogP contribution in [-0.2, 0) is 11.3 Å². The molecule has 1 aromatic carbocycles. The van der Waals surface area contributed by atoms with Gasteiger partial charge in [-0.2, -0.15) is 0 Å². The van der Waals surface area contributed by atoms with Crippen LogP contribution in [0, 0.1) is 5.92 Å². The smallest absolute Gasteiger partial charge is 0.320 e. The van der Waals surface area contributed by atoms with Crippen LogP contribution < -0.4 is 5.32 Å². The maximum atomic E-state index is 11.0. The maximum Gasteiger partial charge on any atom is 0.320 e.